The van der Waals surface area contributed by atoms with Crippen molar-refractivity contribution in [3.8, 4) is 6.07 Å². The maximum absolute atomic E-state index is 13.0. The van der Waals surface area contributed by atoms with E-state index in [0.29, 0.717) is 44.7 Å². The number of ether oxygens (including phenoxy) is 2. The number of rotatable bonds is 2. The van der Waals surface area contributed by atoms with Crippen LogP contribution in [0.3, 0.4) is 0 Å². The summed E-state index contributed by atoms with van der Waals surface area (Å²) in [6.07, 6.45) is -3.23. The highest BCUT2D eigenvalue weighted by Gasteiger charge is 2.45. The van der Waals surface area contributed by atoms with Crippen LogP contribution in [0, 0.1) is 11.3 Å². The van der Waals surface area contributed by atoms with Crippen LogP contribution in [0.2, 0.25) is 0 Å². The molecule has 7 heteroatoms. The van der Waals surface area contributed by atoms with E-state index in [-0.39, 0.29) is 0 Å². The first-order chi connectivity index (χ1) is 11.3. The molecular weight excluding hydrogens is 321 g/mol. The number of alkyl halides is 3. The van der Waals surface area contributed by atoms with Gasteiger partial charge in [-0.1, -0.05) is 12.1 Å². The third-order valence-electron chi connectivity index (χ3n) is 4.94. The van der Waals surface area contributed by atoms with Gasteiger partial charge in [-0.05, 0) is 24.6 Å². The number of hydrogen-bond donors (Lipinski definition) is 0. The zero-order chi connectivity index (χ0) is 17.4. The molecule has 0 N–H and O–H groups in total. The molecule has 2 aliphatic rings. The van der Waals surface area contributed by atoms with Gasteiger partial charge in [-0.2, -0.15) is 18.4 Å². The van der Waals surface area contributed by atoms with Gasteiger partial charge in [0, 0.05) is 25.9 Å². The fraction of sp³-hybridized carbons (Fsp3) is 0.588. The Hall–Kier alpha value is -1.62. The smallest absolute Gasteiger partial charge is 0.347 e. The maximum atomic E-state index is 13.0. The Bertz CT molecular complexity index is 640. The quantitative estimate of drug-likeness (QED) is 0.829. The summed E-state index contributed by atoms with van der Waals surface area (Å²) in [6.45, 7) is 3.84. The highest BCUT2D eigenvalue weighted by atomic mass is 19.4. The van der Waals surface area contributed by atoms with Gasteiger partial charge in [0.25, 0.3) is 0 Å². The van der Waals surface area contributed by atoms with Gasteiger partial charge in [-0.25, -0.2) is 0 Å². The Labute approximate surface area is 138 Å². The first-order valence-corrected chi connectivity index (χ1v) is 7.91. The maximum Gasteiger partial charge on any atom is 0.416 e. The molecule has 0 saturated carbocycles. The third kappa shape index (κ3) is 3.02. The van der Waals surface area contributed by atoms with Crippen molar-refractivity contribution in [3.63, 3.8) is 0 Å². The van der Waals surface area contributed by atoms with Gasteiger partial charge in [0.2, 0.25) is 0 Å². The van der Waals surface area contributed by atoms with E-state index >= 15 is 0 Å². The number of nitrogens with zero attached hydrogens (tertiary/aromatic N) is 2. The van der Waals surface area contributed by atoms with Crippen molar-refractivity contribution >= 4 is 0 Å². The lowest BCUT2D eigenvalue weighted by atomic mass is 9.87. The van der Waals surface area contributed by atoms with Gasteiger partial charge < -0.3 is 9.47 Å². The number of likely N-dealkylation sites (tertiary alicyclic amines) is 1. The molecule has 0 aliphatic carbocycles. The van der Waals surface area contributed by atoms with Gasteiger partial charge in [-0.15, -0.1) is 0 Å². The van der Waals surface area contributed by atoms with Crippen molar-refractivity contribution in [1.82, 2.24) is 4.90 Å². The van der Waals surface area contributed by atoms with E-state index in [4.69, 9.17) is 9.47 Å². The Morgan fingerprint density at radius 3 is 2.25 bits per heavy atom. The first-order valence-electron chi connectivity index (χ1n) is 7.91. The van der Waals surface area contributed by atoms with E-state index in [0.717, 1.165) is 12.1 Å². The molecule has 1 aromatic rings. The van der Waals surface area contributed by atoms with Gasteiger partial charge in [0.05, 0.1) is 24.8 Å². The predicted molar refractivity (Wildman–Crippen MR) is 79.9 cm³/mol. The minimum atomic E-state index is -4.43. The summed E-state index contributed by atoms with van der Waals surface area (Å²) >= 11 is 0. The summed E-state index contributed by atoms with van der Waals surface area (Å²) < 4.78 is 50.2. The van der Waals surface area contributed by atoms with E-state index < -0.39 is 23.1 Å². The molecule has 1 spiro atoms. The van der Waals surface area contributed by atoms with Crippen LogP contribution in [0.15, 0.2) is 24.3 Å². The van der Waals surface area contributed by atoms with E-state index in [1.807, 2.05) is 4.90 Å². The molecule has 2 saturated heterocycles. The molecule has 130 valence electrons. The lowest BCUT2D eigenvalue weighted by molar-refractivity contribution is -0.190. The van der Waals surface area contributed by atoms with Crippen LogP contribution in [0.5, 0.6) is 0 Å². The van der Waals surface area contributed by atoms with Crippen LogP contribution >= 0.6 is 0 Å². The predicted octanol–water partition coefficient (Wildman–Crippen LogP) is 3.28. The van der Waals surface area contributed by atoms with Crippen molar-refractivity contribution in [2.45, 2.75) is 37.3 Å². The van der Waals surface area contributed by atoms with E-state index in [1.165, 1.54) is 6.07 Å². The molecule has 0 radical (unpaired) electrons. The number of halogens is 3. The Morgan fingerprint density at radius 1 is 1.12 bits per heavy atom. The van der Waals surface area contributed by atoms with Gasteiger partial charge in [0.15, 0.2) is 5.79 Å². The lowest BCUT2D eigenvalue weighted by Crippen LogP contribution is -2.52. The zero-order valence-electron chi connectivity index (χ0n) is 13.4. The lowest BCUT2D eigenvalue weighted by Gasteiger charge is -2.44. The third-order valence-corrected chi connectivity index (χ3v) is 4.94. The molecule has 1 atom stereocenters. The number of hydrogen-bond acceptors (Lipinski definition) is 4. The Morgan fingerprint density at radius 2 is 1.71 bits per heavy atom. The average Bonchev–Trinajstić information content (AvgIpc) is 3.02. The molecule has 1 unspecified atom stereocenters. The van der Waals surface area contributed by atoms with Crippen LogP contribution in [-0.2, 0) is 21.2 Å². The minimum Gasteiger partial charge on any atom is -0.347 e. The number of nitriles is 1. The largest absolute Gasteiger partial charge is 0.416 e. The monoisotopic (exact) mass is 340 g/mol. The summed E-state index contributed by atoms with van der Waals surface area (Å²) in [5, 5.41) is 9.71. The summed E-state index contributed by atoms with van der Waals surface area (Å²) in [5.74, 6) is -0.583. The number of piperidine rings is 1. The highest BCUT2D eigenvalue weighted by Crippen LogP contribution is 2.38. The van der Waals surface area contributed by atoms with Crippen LogP contribution in [0.1, 0.15) is 30.9 Å². The summed E-state index contributed by atoms with van der Waals surface area (Å²) in [5.41, 5.74) is -1.51. The molecule has 2 heterocycles. The molecule has 2 aliphatic heterocycles. The second-order valence-corrected chi connectivity index (χ2v) is 6.36. The molecule has 0 bridgehead atoms. The van der Waals surface area contributed by atoms with Gasteiger partial charge >= 0.3 is 6.18 Å². The van der Waals surface area contributed by atoms with Crippen molar-refractivity contribution < 1.29 is 22.6 Å². The molecule has 4 nitrogen and oxygen atoms in total. The minimum absolute atomic E-state index is 0.351. The van der Waals surface area contributed by atoms with E-state index in [1.54, 1.807) is 13.0 Å². The van der Waals surface area contributed by atoms with Gasteiger partial charge in [-0.3, -0.25) is 4.90 Å². The van der Waals surface area contributed by atoms with Crippen LogP contribution in [0.25, 0.3) is 0 Å². The zero-order valence-corrected chi connectivity index (χ0v) is 13.4. The van der Waals surface area contributed by atoms with Crippen LogP contribution in [-0.4, -0.2) is 37.0 Å². The summed E-state index contributed by atoms with van der Waals surface area (Å²) in [7, 11) is 0. The van der Waals surface area contributed by atoms with E-state index in [2.05, 4.69) is 6.07 Å². The summed E-state index contributed by atoms with van der Waals surface area (Å²) in [4.78, 5) is 1.90. The normalized spacial score (nSPS) is 23.8. The number of benzene rings is 1. The fourth-order valence-corrected chi connectivity index (χ4v) is 3.40. The van der Waals surface area contributed by atoms with Crippen molar-refractivity contribution in [2.75, 3.05) is 26.3 Å². The summed E-state index contributed by atoms with van der Waals surface area (Å²) in [6, 6.07) is 7.21. The molecule has 0 amide bonds. The fourth-order valence-electron chi connectivity index (χ4n) is 3.40. The standard InChI is InChI=1S/C17H19F3N2O2/c1-15(12-21,13-3-2-4-14(11-13)17(18,19)20)22-7-5-16(6-8-22)23-9-10-24-16/h2-4,11H,5-10H2,1H3. The SMILES string of the molecule is CC(C#N)(c1cccc(C(F)(F)F)c1)N1CCC2(CC1)OCCO2. The molecule has 1 aromatic carbocycles. The van der Waals surface area contributed by atoms with Gasteiger partial charge in [0.1, 0.15) is 5.54 Å². The second kappa shape index (κ2) is 6.03. The van der Waals surface area contributed by atoms with E-state index in [9.17, 15) is 18.4 Å². The first kappa shape index (κ1) is 17.2. The topological polar surface area (TPSA) is 45.5 Å². The molecule has 24 heavy (non-hydrogen) atoms. The molecule has 2 fully saturated rings. The van der Waals surface area contributed by atoms with Crippen molar-refractivity contribution in [1.29, 1.82) is 5.26 Å². The highest BCUT2D eigenvalue weighted by molar-refractivity contribution is 5.35. The Kier molecular flexibility index (Phi) is 4.32. The molecule has 0 aromatic heterocycles. The second-order valence-electron chi connectivity index (χ2n) is 6.36. The molecular formula is C17H19F3N2O2. The average molecular weight is 340 g/mol. The Balaban J connectivity index is 1.83. The van der Waals surface area contributed by atoms with Crippen LogP contribution < -0.4 is 0 Å². The van der Waals surface area contributed by atoms with Crippen LogP contribution in [0.4, 0.5) is 13.2 Å². The molecule has 3 rings (SSSR count). The van der Waals surface area contributed by atoms with Crippen molar-refractivity contribution in [2.24, 2.45) is 0 Å². The van der Waals surface area contributed by atoms with Crippen molar-refractivity contribution in [3.05, 3.63) is 35.4 Å².